The Kier molecular flexibility index (Phi) is 2.79. The fourth-order valence-electron chi connectivity index (χ4n) is 1.88. The summed E-state index contributed by atoms with van der Waals surface area (Å²) >= 11 is 3.37. The highest BCUT2D eigenvalue weighted by molar-refractivity contribution is 9.10. The molecule has 0 saturated carbocycles. The first-order chi connectivity index (χ1) is 7.93. The Morgan fingerprint density at radius 2 is 2.06 bits per heavy atom. The molecule has 0 aliphatic carbocycles. The lowest BCUT2D eigenvalue weighted by Gasteiger charge is -2.21. The van der Waals surface area contributed by atoms with E-state index < -0.39 is 0 Å². The minimum Gasteiger partial charge on any atom is -0.297 e. The quantitative estimate of drug-likeness (QED) is 0.799. The van der Waals surface area contributed by atoms with Crippen molar-refractivity contribution in [1.29, 1.82) is 0 Å². The third-order valence-electron chi connectivity index (χ3n) is 2.48. The van der Waals surface area contributed by atoms with E-state index in [1.54, 1.807) is 6.20 Å². The van der Waals surface area contributed by atoms with Crippen LogP contribution in [-0.2, 0) is 4.79 Å². The lowest BCUT2D eigenvalue weighted by Crippen LogP contribution is -2.30. The van der Waals surface area contributed by atoms with Crippen molar-refractivity contribution >= 4 is 33.3 Å². The van der Waals surface area contributed by atoms with E-state index in [2.05, 4.69) is 34.1 Å². The number of pyridine rings is 1. The van der Waals surface area contributed by atoms with Crippen LogP contribution in [0.5, 0.6) is 0 Å². The van der Waals surface area contributed by atoms with E-state index >= 15 is 0 Å². The summed E-state index contributed by atoms with van der Waals surface area (Å²) in [5.74, 6) is 1.04. The molecule has 0 fully saturated rings. The van der Waals surface area contributed by atoms with E-state index in [-0.39, 0.29) is 5.91 Å². The molecule has 1 aliphatic heterocycles. The third kappa shape index (κ3) is 1.76. The van der Waals surface area contributed by atoms with Crippen molar-refractivity contribution in [3.8, 4) is 0 Å². The summed E-state index contributed by atoms with van der Waals surface area (Å²) < 4.78 is 0.848. The molecule has 1 aromatic rings. The number of carbonyl (C=O) groups is 1. The average molecular weight is 294 g/mol. The second-order valence-electron chi connectivity index (χ2n) is 3.84. The second kappa shape index (κ2) is 4.00. The summed E-state index contributed by atoms with van der Waals surface area (Å²) in [6.07, 6.45) is 1.66. The number of rotatable bonds is 1. The number of carbonyl (C=O) groups excluding carboxylic acids is 1. The number of allylic oxidation sites excluding steroid dienone is 1. The summed E-state index contributed by atoms with van der Waals surface area (Å²) in [6.45, 7) is 11.2. The fourth-order valence-corrected chi connectivity index (χ4v) is 2.20. The van der Waals surface area contributed by atoms with Crippen LogP contribution in [0.25, 0.3) is 0 Å². The Balaban J connectivity index is 2.65. The first kappa shape index (κ1) is 11.9. The monoisotopic (exact) mass is 293 g/mol. The highest BCUT2D eigenvalue weighted by Gasteiger charge is 2.34. The van der Waals surface area contributed by atoms with E-state index in [1.165, 1.54) is 11.8 Å². The third-order valence-corrected chi connectivity index (χ3v) is 2.91. The van der Waals surface area contributed by atoms with E-state index in [1.807, 2.05) is 17.9 Å². The molecule has 0 saturated heterocycles. The lowest BCUT2D eigenvalue weighted by molar-refractivity contribution is -0.116. The standard InChI is InChI=1S/C12H12BrN3O/c1-7(2)15-8(3)16(9(4)17)12-11(15)5-10(13)6-14-12/h5-6H,1,3H2,2,4H3. The number of halogens is 1. The van der Waals surface area contributed by atoms with Crippen LogP contribution in [0.4, 0.5) is 11.5 Å². The normalized spacial score (nSPS) is 13.9. The molecule has 0 N–H and O–H groups in total. The minimum absolute atomic E-state index is 0.116. The van der Waals surface area contributed by atoms with Crippen LogP contribution in [0.3, 0.4) is 0 Å². The molecule has 0 atom stereocenters. The van der Waals surface area contributed by atoms with Gasteiger partial charge in [-0.1, -0.05) is 13.2 Å². The molecule has 5 heteroatoms. The zero-order chi connectivity index (χ0) is 12.7. The maximum absolute atomic E-state index is 11.6. The van der Waals surface area contributed by atoms with Gasteiger partial charge in [0.1, 0.15) is 5.82 Å². The summed E-state index contributed by atoms with van der Waals surface area (Å²) in [6, 6.07) is 1.89. The molecule has 0 bridgehead atoms. The van der Waals surface area contributed by atoms with Gasteiger partial charge in [-0.15, -0.1) is 0 Å². The van der Waals surface area contributed by atoms with Crippen LogP contribution < -0.4 is 9.80 Å². The molecule has 1 aromatic heterocycles. The number of aromatic nitrogens is 1. The maximum Gasteiger partial charge on any atom is 0.230 e. The molecule has 0 unspecified atom stereocenters. The van der Waals surface area contributed by atoms with Crippen molar-refractivity contribution < 1.29 is 4.79 Å². The maximum atomic E-state index is 11.6. The van der Waals surface area contributed by atoms with Crippen LogP contribution in [0.2, 0.25) is 0 Å². The highest BCUT2D eigenvalue weighted by Crippen LogP contribution is 2.42. The number of hydrogen-bond donors (Lipinski definition) is 0. The van der Waals surface area contributed by atoms with Crippen molar-refractivity contribution in [1.82, 2.24) is 4.98 Å². The number of hydrogen-bond acceptors (Lipinski definition) is 3. The number of amides is 1. The van der Waals surface area contributed by atoms with Crippen LogP contribution in [0.1, 0.15) is 13.8 Å². The fraction of sp³-hybridized carbons (Fsp3) is 0.167. The molecule has 0 radical (unpaired) electrons. The van der Waals surface area contributed by atoms with E-state index in [4.69, 9.17) is 0 Å². The Hall–Kier alpha value is -1.62. The highest BCUT2D eigenvalue weighted by atomic mass is 79.9. The summed E-state index contributed by atoms with van der Waals surface area (Å²) in [5, 5.41) is 0. The Morgan fingerprint density at radius 3 is 2.59 bits per heavy atom. The van der Waals surface area contributed by atoms with Gasteiger partial charge in [-0.2, -0.15) is 0 Å². The van der Waals surface area contributed by atoms with Crippen molar-refractivity contribution in [3.05, 3.63) is 41.4 Å². The zero-order valence-electron chi connectivity index (χ0n) is 9.70. The van der Waals surface area contributed by atoms with Gasteiger partial charge in [0.15, 0.2) is 5.82 Å². The second-order valence-corrected chi connectivity index (χ2v) is 4.75. The predicted molar refractivity (Wildman–Crippen MR) is 71.5 cm³/mol. The van der Waals surface area contributed by atoms with E-state index in [0.717, 1.165) is 15.9 Å². The average Bonchev–Trinajstić information content (AvgIpc) is 2.48. The van der Waals surface area contributed by atoms with Crippen LogP contribution in [0, 0.1) is 0 Å². The van der Waals surface area contributed by atoms with Crippen LogP contribution in [0.15, 0.2) is 41.4 Å². The van der Waals surface area contributed by atoms with Gasteiger partial charge in [0.2, 0.25) is 5.91 Å². The van der Waals surface area contributed by atoms with Gasteiger partial charge in [-0.05, 0) is 28.9 Å². The number of anilines is 2. The zero-order valence-corrected chi connectivity index (χ0v) is 11.3. The molecular weight excluding hydrogens is 282 g/mol. The van der Waals surface area contributed by atoms with Crippen molar-refractivity contribution in [2.75, 3.05) is 9.80 Å². The van der Waals surface area contributed by atoms with Crippen LogP contribution in [-0.4, -0.2) is 10.9 Å². The first-order valence-electron chi connectivity index (χ1n) is 5.04. The molecule has 2 rings (SSSR count). The van der Waals surface area contributed by atoms with Crippen LogP contribution >= 0.6 is 15.9 Å². The van der Waals surface area contributed by atoms with Crippen molar-refractivity contribution in [2.24, 2.45) is 0 Å². The number of fused-ring (bicyclic) bond motifs is 1. The summed E-state index contributed by atoms with van der Waals surface area (Å²) in [4.78, 5) is 19.2. The van der Waals surface area contributed by atoms with Gasteiger partial charge >= 0.3 is 0 Å². The topological polar surface area (TPSA) is 36.4 Å². The minimum atomic E-state index is -0.116. The van der Waals surface area contributed by atoms with Gasteiger partial charge in [-0.25, -0.2) is 9.88 Å². The van der Waals surface area contributed by atoms with Crippen molar-refractivity contribution in [3.63, 3.8) is 0 Å². The Bertz CT molecular complexity index is 539. The van der Waals surface area contributed by atoms with Gasteiger partial charge in [0.25, 0.3) is 0 Å². The molecule has 1 aliphatic rings. The molecule has 4 nitrogen and oxygen atoms in total. The number of nitrogens with zero attached hydrogens (tertiary/aromatic N) is 3. The largest absolute Gasteiger partial charge is 0.297 e. The van der Waals surface area contributed by atoms with E-state index in [9.17, 15) is 4.79 Å². The molecule has 88 valence electrons. The van der Waals surface area contributed by atoms with Gasteiger partial charge in [0, 0.05) is 23.3 Å². The predicted octanol–water partition coefficient (Wildman–Crippen LogP) is 3.02. The van der Waals surface area contributed by atoms with E-state index in [0.29, 0.717) is 11.6 Å². The molecule has 17 heavy (non-hydrogen) atoms. The van der Waals surface area contributed by atoms with Gasteiger partial charge < -0.3 is 0 Å². The Labute approximate surface area is 108 Å². The SMILES string of the molecule is C=C(C)N1C(=C)N(C(C)=O)c2ncc(Br)cc21. The molecule has 0 spiro atoms. The lowest BCUT2D eigenvalue weighted by atomic mass is 10.3. The molecular formula is C12H12BrN3O. The molecule has 0 aromatic carbocycles. The van der Waals surface area contributed by atoms with Gasteiger partial charge in [0.05, 0.1) is 5.69 Å². The molecule has 2 heterocycles. The molecule has 1 amide bonds. The van der Waals surface area contributed by atoms with Crippen molar-refractivity contribution in [2.45, 2.75) is 13.8 Å². The van der Waals surface area contributed by atoms with Gasteiger partial charge in [-0.3, -0.25) is 9.69 Å². The first-order valence-corrected chi connectivity index (χ1v) is 5.83. The smallest absolute Gasteiger partial charge is 0.230 e. The Morgan fingerprint density at radius 1 is 1.41 bits per heavy atom. The summed E-state index contributed by atoms with van der Waals surface area (Å²) in [5.41, 5.74) is 1.60. The summed E-state index contributed by atoms with van der Waals surface area (Å²) in [7, 11) is 0.